The van der Waals surface area contributed by atoms with Gasteiger partial charge in [-0.15, -0.1) is 0 Å². The van der Waals surface area contributed by atoms with Crippen LogP contribution >= 0.6 is 0 Å². The SMILES string of the molecule is CN1CCN(c2nc3ccccc3nc2Cn2nc(-c3cc(O)cc(F)c3)c3c(N)ncnc32)CC1. The number of para-hydroxylation sites is 2. The summed E-state index contributed by atoms with van der Waals surface area (Å²) in [6.45, 7) is 3.79. The van der Waals surface area contributed by atoms with Gasteiger partial charge in [0.15, 0.2) is 11.5 Å². The van der Waals surface area contributed by atoms with Gasteiger partial charge < -0.3 is 20.6 Å². The molecule has 5 aromatic rings. The van der Waals surface area contributed by atoms with Gasteiger partial charge in [-0.1, -0.05) is 12.1 Å². The maximum absolute atomic E-state index is 14.1. The monoisotopic (exact) mass is 485 g/mol. The third kappa shape index (κ3) is 3.93. The zero-order valence-electron chi connectivity index (χ0n) is 19.6. The zero-order valence-corrected chi connectivity index (χ0v) is 19.6. The summed E-state index contributed by atoms with van der Waals surface area (Å²) in [4.78, 5) is 23.0. The lowest BCUT2D eigenvalue weighted by Crippen LogP contribution is -2.45. The first-order valence-corrected chi connectivity index (χ1v) is 11.6. The van der Waals surface area contributed by atoms with Crippen molar-refractivity contribution in [3.63, 3.8) is 0 Å². The number of halogens is 1. The first-order valence-electron chi connectivity index (χ1n) is 11.6. The summed E-state index contributed by atoms with van der Waals surface area (Å²) >= 11 is 0. The molecule has 1 fully saturated rings. The molecule has 0 radical (unpaired) electrons. The summed E-state index contributed by atoms with van der Waals surface area (Å²) in [7, 11) is 2.11. The molecule has 1 aliphatic rings. The van der Waals surface area contributed by atoms with Gasteiger partial charge in [-0.2, -0.15) is 5.10 Å². The molecule has 11 heteroatoms. The molecule has 2 aromatic carbocycles. The number of benzene rings is 2. The Labute approximate surface area is 205 Å². The van der Waals surface area contributed by atoms with E-state index in [2.05, 4.69) is 26.8 Å². The number of aromatic nitrogens is 6. The van der Waals surface area contributed by atoms with Crippen LogP contribution in [-0.2, 0) is 6.54 Å². The summed E-state index contributed by atoms with van der Waals surface area (Å²) in [6.07, 6.45) is 1.37. The van der Waals surface area contributed by atoms with Crippen molar-refractivity contribution in [3.8, 4) is 17.0 Å². The number of aromatic hydroxyl groups is 1. The maximum Gasteiger partial charge on any atom is 0.164 e. The van der Waals surface area contributed by atoms with Crippen molar-refractivity contribution in [1.29, 1.82) is 0 Å². The summed E-state index contributed by atoms with van der Waals surface area (Å²) in [6, 6.07) is 11.5. The van der Waals surface area contributed by atoms with Gasteiger partial charge in [0.25, 0.3) is 0 Å². The molecule has 0 saturated carbocycles. The van der Waals surface area contributed by atoms with Gasteiger partial charge in [-0.25, -0.2) is 29.0 Å². The maximum atomic E-state index is 14.1. The molecule has 1 aliphatic heterocycles. The Kier molecular flexibility index (Phi) is 5.33. The molecule has 3 N–H and O–H groups in total. The van der Waals surface area contributed by atoms with E-state index in [9.17, 15) is 9.50 Å². The Morgan fingerprint density at radius 2 is 1.75 bits per heavy atom. The molecule has 182 valence electrons. The highest BCUT2D eigenvalue weighted by molar-refractivity contribution is 5.98. The van der Waals surface area contributed by atoms with E-state index in [4.69, 9.17) is 20.8 Å². The second-order valence-electron chi connectivity index (χ2n) is 8.93. The second kappa shape index (κ2) is 8.68. The predicted molar refractivity (Wildman–Crippen MR) is 135 cm³/mol. The van der Waals surface area contributed by atoms with Gasteiger partial charge >= 0.3 is 0 Å². The van der Waals surface area contributed by atoms with Crippen LogP contribution in [0.15, 0.2) is 48.8 Å². The normalized spacial score (nSPS) is 14.7. The quantitative estimate of drug-likeness (QED) is 0.396. The number of nitrogens with two attached hydrogens (primary N) is 1. The van der Waals surface area contributed by atoms with Crippen LogP contribution in [0.25, 0.3) is 33.3 Å². The highest BCUT2D eigenvalue weighted by Gasteiger charge is 2.23. The van der Waals surface area contributed by atoms with E-state index in [1.165, 1.54) is 18.5 Å². The topological polar surface area (TPSA) is 122 Å². The fourth-order valence-electron chi connectivity index (χ4n) is 4.60. The van der Waals surface area contributed by atoms with Gasteiger partial charge in [0.05, 0.1) is 23.0 Å². The number of nitrogens with zero attached hydrogens (tertiary/aromatic N) is 8. The standard InChI is InChI=1S/C25H24FN9O/c1-33-6-8-34(9-7-33)24-20(30-18-4-2-3-5-19(18)31-24)13-35-25-21(23(27)28-14-29-25)22(32-35)15-10-16(26)12-17(36)11-15/h2-5,10-12,14,36H,6-9,13H2,1H3,(H2,27,28,29). The smallest absolute Gasteiger partial charge is 0.164 e. The number of piperazine rings is 1. The molecule has 10 nitrogen and oxygen atoms in total. The number of anilines is 2. The van der Waals surface area contributed by atoms with Gasteiger partial charge in [0.2, 0.25) is 0 Å². The first kappa shape index (κ1) is 22.1. The fourth-order valence-corrected chi connectivity index (χ4v) is 4.60. The minimum Gasteiger partial charge on any atom is -0.508 e. The molecule has 0 atom stereocenters. The van der Waals surface area contributed by atoms with E-state index in [1.54, 1.807) is 4.68 Å². The summed E-state index contributed by atoms with van der Waals surface area (Å²) < 4.78 is 15.8. The highest BCUT2D eigenvalue weighted by atomic mass is 19.1. The summed E-state index contributed by atoms with van der Waals surface area (Å²) in [5, 5.41) is 15.2. The minimum absolute atomic E-state index is 0.208. The predicted octanol–water partition coefficient (Wildman–Crippen LogP) is 2.66. The van der Waals surface area contributed by atoms with Crippen molar-refractivity contribution < 1.29 is 9.50 Å². The van der Waals surface area contributed by atoms with Crippen molar-refractivity contribution in [2.45, 2.75) is 6.54 Å². The number of likely N-dealkylation sites (N-methyl/N-ethyl adjacent to an activating group) is 1. The number of rotatable bonds is 4. The van der Waals surface area contributed by atoms with Crippen LogP contribution in [0, 0.1) is 5.82 Å². The average molecular weight is 486 g/mol. The van der Waals surface area contributed by atoms with Gasteiger partial charge in [0.1, 0.15) is 35.1 Å². The molecule has 36 heavy (non-hydrogen) atoms. The zero-order chi connectivity index (χ0) is 24.8. The van der Waals surface area contributed by atoms with Crippen molar-refractivity contribution in [3.05, 3.63) is 60.3 Å². The first-order chi connectivity index (χ1) is 17.5. The van der Waals surface area contributed by atoms with Crippen molar-refractivity contribution in [2.24, 2.45) is 0 Å². The molecule has 0 unspecified atom stereocenters. The third-order valence-electron chi connectivity index (χ3n) is 6.44. The molecule has 0 amide bonds. The summed E-state index contributed by atoms with van der Waals surface area (Å²) in [5.41, 5.74) is 9.80. The number of fused-ring (bicyclic) bond motifs is 2. The van der Waals surface area contributed by atoms with Crippen LogP contribution in [0.2, 0.25) is 0 Å². The minimum atomic E-state index is -0.583. The van der Waals surface area contributed by atoms with Crippen LogP contribution < -0.4 is 10.6 Å². The molecule has 4 heterocycles. The largest absolute Gasteiger partial charge is 0.508 e. The Morgan fingerprint density at radius 1 is 1.00 bits per heavy atom. The van der Waals surface area contributed by atoms with Crippen LogP contribution in [0.4, 0.5) is 16.0 Å². The molecule has 1 saturated heterocycles. The van der Waals surface area contributed by atoms with Crippen LogP contribution in [0.1, 0.15) is 5.69 Å². The van der Waals surface area contributed by atoms with Crippen LogP contribution in [-0.4, -0.2) is 72.9 Å². The number of phenolic OH excluding ortho intramolecular Hbond substituents is 1. The Bertz CT molecular complexity index is 1570. The number of phenols is 1. The molecular weight excluding hydrogens is 461 g/mol. The van der Waals surface area contributed by atoms with Crippen LogP contribution in [0.3, 0.4) is 0 Å². The van der Waals surface area contributed by atoms with E-state index < -0.39 is 5.82 Å². The highest BCUT2D eigenvalue weighted by Crippen LogP contribution is 2.33. The lowest BCUT2D eigenvalue weighted by atomic mass is 10.1. The lowest BCUT2D eigenvalue weighted by molar-refractivity contribution is 0.311. The molecule has 0 aliphatic carbocycles. The Hall–Kier alpha value is -4.38. The van der Waals surface area contributed by atoms with E-state index in [0.29, 0.717) is 22.3 Å². The van der Waals surface area contributed by atoms with Crippen molar-refractivity contribution >= 4 is 33.7 Å². The lowest BCUT2D eigenvalue weighted by Gasteiger charge is -2.34. The van der Waals surface area contributed by atoms with Gasteiger partial charge in [-0.3, -0.25) is 0 Å². The van der Waals surface area contributed by atoms with E-state index in [1.807, 2.05) is 24.3 Å². The second-order valence-corrected chi connectivity index (χ2v) is 8.93. The van der Waals surface area contributed by atoms with Crippen molar-refractivity contribution in [2.75, 3.05) is 43.9 Å². The number of hydrogen-bond acceptors (Lipinski definition) is 9. The molecular formula is C25H24FN9O. The molecule has 0 bridgehead atoms. The number of hydrogen-bond donors (Lipinski definition) is 2. The average Bonchev–Trinajstić information content (AvgIpc) is 3.23. The molecule has 0 spiro atoms. The Morgan fingerprint density at radius 3 is 2.50 bits per heavy atom. The van der Waals surface area contributed by atoms with E-state index >= 15 is 0 Å². The fraction of sp³-hybridized carbons (Fsp3) is 0.240. The Balaban J connectivity index is 1.50. The third-order valence-corrected chi connectivity index (χ3v) is 6.44. The number of nitrogen functional groups attached to an aromatic ring is 1. The summed E-state index contributed by atoms with van der Waals surface area (Å²) in [5.74, 6) is 0.230. The van der Waals surface area contributed by atoms with Gasteiger partial charge in [-0.05, 0) is 31.3 Å². The van der Waals surface area contributed by atoms with Gasteiger partial charge in [0, 0.05) is 37.8 Å². The van der Waals surface area contributed by atoms with E-state index in [-0.39, 0.29) is 18.1 Å². The van der Waals surface area contributed by atoms with E-state index in [0.717, 1.165) is 54.8 Å². The molecule has 3 aromatic heterocycles. The van der Waals surface area contributed by atoms with Crippen molar-refractivity contribution in [1.82, 2.24) is 34.6 Å². The molecule has 6 rings (SSSR count). The van der Waals surface area contributed by atoms with Crippen LogP contribution in [0.5, 0.6) is 5.75 Å².